The highest BCUT2D eigenvalue weighted by molar-refractivity contribution is 5.74. The summed E-state index contributed by atoms with van der Waals surface area (Å²) in [5.41, 5.74) is 10.3. The molecule has 5 rings (SSSR count). The van der Waals surface area contributed by atoms with Crippen LogP contribution in [0.3, 0.4) is 0 Å². The first-order valence-corrected chi connectivity index (χ1v) is 12.2. The first-order valence-electron chi connectivity index (χ1n) is 12.2. The van der Waals surface area contributed by atoms with Crippen molar-refractivity contribution < 1.29 is 5.11 Å². The first kappa shape index (κ1) is 22.9. The Morgan fingerprint density at radius 1 is 1.03 bits per heavy atom. The van der Waals surface area contributed by atoms with E-state index in [-0.39, 0.29) is 5.75 Å². The molecule has 2 saturated heterocycles. The number of para-hydroxylation sites is 1. The van der Waals surface area contributed by atoms with Gasteiger partial charge in [-0.15, -0.1) is 10.2 Å². The fraction of sp³-hybridized carbons (Fsp3) is 0.370. The molecule has 0 saturated carbocycles. The standard InChI is InChI=1S/C27H31N7O/c1-20-10-15-32(20)12-4-6-21-18-22(9-11-29-21)33-13-5-14-34(17-16-33)25-19-24(30-31-27(25)28)23-7-2-3-8-26(23)35/h2-3,7-9,11,18-20,35H,5,10,12-17H2,1H3,(H2,28,31). The minimum atomic E-state index is 0.176. The summed E-state index contributed by atoms with van der Waals surface area (Å²) in [6.45, 7) is 7.62. The zero-order valence-corrected chi connectivity index (χ0v) is 20.1. The number of rotatable bonds is 4. The zero-order chi connectivity index (χ0) is 24.2. The van der Waals surface area contributed by atoms with Crippen molar-refractivity contribution in [3.05, 3.63) is 54.4 Å². The zero-order valence-electron chi connectivity index (χ0n) is 20.1. The number of phenolic OH excluding ortho intramolecular Hbond substituents is 1. The number of pyridine rings is 1. The van der Waals surface area contributed by atoms with Gasteiger partial charge in [0.1, 0.15) is 11.4 Å². The molecule has 2 aromatic heterocycles. The third kappa shape index (κ3) is 5.15. The lowest BCUT2D eigenvalue weighted by Crippen LogP contribution is -2.45. The number of anilines is 3. The normalized spacial score (nSPS) is 18.4. The van der Waals surface area contributed by atoms with Gasteiger partial charge < -0.3 is 20.6 Å². The number of nitrogens with two attached hydrogens (primary N) is 1. The molecule has 0 amide bonds. The number of likely N-dealkylation sites (tertiary alicyclic amines) is 1. The van der Waals surface area contributed by atoms with Crippen LogP contribution in [0.2, 0.25) is 0 Å². The number of aromatic hydroxyl groups is 1. The van der Waals surface area contributed by atoms with Crippen LogP contribution in [0.15, 0.2) is 48.7 Å². The molecule has 4 heterocycles. The number of aromatic nitrogens is 3. The largest absolute Gasteiger partial charge is 0.507 e. The maximum atomic E-state index is 10.2. The molecular formula is C27H31N7O. The van der Waals surface area contributed by atoms with E-state index in [1.54, 1.807) is 12.1 Å². The predicted octanol–water partition coefficient (Wildman–Crippen LogP) is 2.99. The number of phenols is 1. The maximum absolute atomic E-state index is 10.2. The van der Waals surface area contributed by atoms with Crippen molar-refractivity contribution in [1.82, 2.24) is 20.1 Å². The topological polar surface area (TPSA) is 94.6 Å². The van der Waals surface area contributed by atoms with E-state index in [4.69, 9.17) is 5.73 Å². The highest BCUT2D eigenvalue weighted by atomic mass is 16.3. The van der Waals surface area contributed by atoms with Gasteiger partial charge in [0.05, 0.1) is 17.9 Å². The van der Waals surface area contributed by atoms with E-state index in [1.807, 2.05) is 24.4 Å². The van der Waals surface area contributed by atoms with Gasteiger partial charge in [0.15, 0.2) is 5.82 Å². The van der Waals surface area contributed by atoms with E-state index < -0.39 is 0 Å². The van der Waals surface area contributed by atoms with E-state index in [9.17, 15) is 5.11 Å². The SMILES string of the molecule is CC1CCN1CC#Cc1cc(N2CCCN(c3cc(-c4ccccc4O)nnc3N)CC2)ccn1. The van der Waals surface area contributed by atoms with Crippen LogP contribution in [0.4, 0.5) is 17.2 Å². The van der Waals surface area contributed by atoms with Crippen LogP contribution in [0.5, 0.6) is 5.75 Å². The minimum absolute atomic E-state index is 0.176. The quantitative estimate of drug-likeness (QED) is 0.563. The van der Waals surface area contributed by atoms with E-state index in [2.05, 4.69) is 60.8 Å². The third-order valence-corrected chi connectivity index (χ3v) is 6.88. The molecule has 3 N–H and O–H groups in total. The molecule has 0 radical (unpaired) electrons. The lowest BCUT2D eigenvalue weighted by atomic mass is 10.1. The molecule has 2 fully saturated rings. The van der Waals surface area contributed by atoms with Crippen molar-refractivity contribution in [2.45, 2.75) is 25.8 Å². The van der Waals surface area contributed by atoms with E-state index in [0.717, 1.165) is 62.8 Å². The smallest absolute Gasteiger partial charge is 0.169 e. The van der Waals surface area contributed by atoms with E-state index >= 15 is 0 Å². The summed E-state index contributed by atoms with van der Waals surface area (Å²) in [5, 5.41) is 18.6. The Morgan fingerprint density at radius 2 is 1.86 bits per heavy atom. The van der Waals surface area contributed by atoms with Gasteiger partial charge in [-0.05, 0) is 56.0 Å². The molecule has 1 aromatic carbocycles. The molecule has 1 unspecified atom stereocenters. The number of benzene rings is 1. The fourth-order valence-corrected chi connectivity index (χ4v) is 4.60. The van der Waals surface area contributed by atoms with Gasteiger partial charge in [-0.1, -0.05) is 18.1 Å². The number of hydrogen-bond acceptors (Lipinski definition) is 8. The van der Waals surface area contributed by atoms with Crippen LogP contribution < -0.4 is 15.5 Å². The van der Waals surface area contributed by atoms with Gasteiger partial charge in [-0.2, -0.15) is 0 Å². The molecule has 8 heteroatoms. The monoisotopic (exact) mass is 469 g/mol. The van der Waals surface area contributed by atoms with Crippen LogP contribution in [0.1, 0.15) is 25.5 Å². The van der Waals surface area contributed by atoms with Crippen LogP contribution in [0.25, 0.3) is 11.3 Å². The molecule has 180 valence electrons. The molecule has 2 aliphatic rings. The average molecular weight is 470 g/mol. The summed E-state index contributed by atoms with van der Waals surface area (Å²) in [6, 6.07) is 13.8. The Bertz CT molecular complexity index is 1250. The van der Waals surface area contributed by atoms with Crippen molar-refractivity contribution in [3.8, 4) is 28.8 Å². The van der Waals surface area contributed by atoms with Gasteiger partial charge in [-0.25, -0.2) is 4.98 Å². The average Bonchev–Trinajstić information content (AvgIpc) is 3.13. The molecule has 0 aliphatic carbocycles. The van der Waals surface area contributed by atoms with Crippen molar-refractivity contribution in [3.63, 3.8) is 0 Å². The second-order valence-electron chi connectivity index (χ2n) is 9.15. The van der Waals surface area contributed by atoms with Crippen molar-refractivity contribution in [1.29, 1.82) is 0 Å². The van der Waals surface area contributed by atoms with E-state index in [1.165, 1.54) is 6.42 Å². The summed E-state index contributed by atoms with van der Waals surface area (Å²) < 4.78 is 0. The fourth-order valence-electron chi connectivity index (χ4n) is 4.60. The second kappa shape index (κ2) is 10.2. The Balaban J connectivity index is 1.28. The molecule has 0 bridgehead atoms. The number of hydrogen-bond donors (Lipinski definition) is 2. The lowest BCUT2D eigenvalue weighted by molar-refractivity contribution is 0.124. The second-order valence-corrected chi connectivity index (χ2v) is 9.15. The van der Waals surface area contributed by atoms with Gasteiger partial charge in [-0.3, -0.25) is 4.90 Å². The summed E-state index contributed by atoms with van der Waals surface area (Å²) >= 11 is 0. The Hall–Kier alpha value is -3.83. The Labute approximate surface area is 206 Å². The van der Waals surface area contributed by atoms with Crippen LogP contribution >= 0.6 is 0 Å². The molecule has 3 aromatic rings. The number of nitrogens with zero attached hydrogens (tertiary/aromatic N) is 6. The van der Waals surface area contributed by atoms with Crippen molar-refractivity contribution in [2.24, 2.45) is 0 Å². The Morgan fingerprint density at radius 3 is 2.66 bits per heavy atom. The highest BCUT2D eigenvalue weighted by Crippen LogP contribution is 2.32. The van der Waals surface area contributed by atoms with Gasteiger partial charge in [0.2, 0.25) is 0 Å². The lowest BCUT2D eigenvalue weighted by Gasteiger charge is -2.36. The van der Waals surface area contributed by atoms with Crippen LogP contribution in [0, 0.1) is 11.8 Å². The van der Waals surface area contributed by atoms with Crippen molar-refractivity contribution in [2.75, 3.05) is 54.8 Å². The van der Waals surface area contributed by atoms with Gasteiger partial charge >= 0.3 is 0 Å². The summed E-state index contributed by atoms with van der Waals surface area (Å²) in [4.78, 5) is 11.5. The summed E-state index contributed by atoms with van der Waals surface area (Å²) in [6.07, 6.45) is 4.08. The van der Waals surface area contributed by atoms with E-state index in [0.29, 0.717) is 23.1 Å². The molecule has 0 spiro atoms. The minimum Gasteiger partial charge on any atom is -0.507 e. The van der Waals surface area contributed by atoms with Gasteiger partial charge in [0.25, 0.3) is 0 Å². The molecular weight excluding hydrogens is 438 g/mol. The molecule has 2 aliphatic heterocycles. The summed E-state index contributed by atoms with van der Waals surface area (Å²) in [7, 11) is 0. The maximum Gasteiger partial charge on any atom is 0.169 e. The first-order chi connectivity index (χ1) is 17.1. The molecule has 1 atom stereocenters. The Kier molecular flexibility index (Phi) is 6.68. The highest BCUT2D eigenvalue weighted by Gasteiger charge is 2.22. The van der Waals surface area contributed by atoms with Crippen LogP contribution in [-0.2, 0) is 0 Å². The van der Waals surface area contributed by atoms with Crippen molar-refractivity contribution >= 4 is 17.2 Å². The third-order valence-electron chi connectivity index (χ3n) is 6.88. The number of nitrogen functional groups attached to an aromatic ring is 1. The van der Waals surface area contributed by atoms with Crippen LogP contribution in [-0.4, -0.2) is 70.5 Å². The predicted molar refractivity (Wildman–Crippen MR) is 139 cm³/mol. The summed E-state index contributed by atoms with van der Waals surface area (Å²) in [5.74, 6) is 7.09. The molecule has 35 heavy (non-hydrogen) atoms. The van der Waals surface area contributed by atoms with Gasteiger partial charge in [0, 0.05) is 56.2 Å². The molecule has 8 nitrogen and oxygen atoms in total.